The van der Waals surface area contributed by atoms with Crippen LogP contribution in [0.3, 0.4) is 0 Å². The normalized spacial score (nSPS) is 21.2. The number of nitrogens with zero attached hydrogens (tertiary/aromatic N) is 5. The number of benzene rings is 1. The van der Waals surface area contributed by atoms with Crippen LogP contribution in [0.4, 0.5) is 5.82 Å². The fourth-order valence-electron chi connectivity index (χ4n) is 4.20. The van der Waals surface area contributed by atoms with Crippen LogP contribution in [0.1, 0.15) is 35.7 Å². The maximum Gasteiger partial charge on any atom is 0.253 e. The zero-order valence-electron chi connectivity index (χ0n) is 17.4. The summed E-state index contributed by atoms with van der Waals surface area (Å²) in [7, 11) is 1.73. The van der Waals surface area contributed by atoms with E-state index < -0.39 is 6.10 Å². The van der Waals surface area contributed by atoms with Crippen molar-refractivity contribution in [3.05, 3.63) is 42.5 Å². The monoisotopic (exact) mass is 425 g/mol. The molecule has 5 N–H and O–H groups in total. The molecule has 10 nitrogen and oxygen atoms in total. The molecule has 1 aliphatic carbocycles. The SMILES string of the molecule is CN(C(=O)c1ccc(OCCN)cc1)[C@H]1CCC[C@H](n2cnc3c(N)ncnc32)[C@H]1O. The number of carbonyl (C=O) groups is 1. The number of amides is 1. The van der Waals surface area contributed by atoms with Gasteiger partial charge in [0, 0.05) is 19.2 Å². The number of ether oxygens (including phenoxy) is 1. The van der Waals surface area contributed by atoms with Crippen LogP contribution in [0.5, 0.6) is 5.75 Å². The maximum absolute atomic E-state index is 13.1. The molecule has 0 saturated heterocycles. The molecular weight excluding hydrogens is 398 g/mol. The molecule has 1 amide bonds. The molecule has 3 aromatic rings. The summed E-state index contributed by atoms with van der Waals surface area (Å²) in [6, 6.07) is 6.34. The third-order valence-electron chi connectivity index (χ3n) is 5.84. The standard InChI is InChI=1S/C21H27N7O3/c1-27(21(30)13-5-7-14(8-6-13)31-10-9-22)15-3-2-4-16(18(15)29)28-12-26-17-19(23)24-11-25-20(17)28/h5-8,11-12,15-16,18,29H,2-4,9-10,22H2,1H3,(H2,23,24,25)/t15-,16-,18-/m0/s1. The highest BCUT2D eigenvalue weighted by atomic mass is 16.5. The minimum atomic E-state index is -0.775. The van der Waals surface area contributed by atoms with Crippen LogP contribution in [-0.4, -0.2) is 67.8 Å². The van der Waals surface area contributed by atoms with Crippen LogP contribution < -0.4 is 16.2 Å². The summed E-state index contributed by atoms with van der Waals surface area (Å²) in [5.74, 6) is 0.810. The van der Waals surface area contributed by atoms with E-state index >= 15 is 0 Å². The second kappa shape index (κ2) is 8.86. The quantitative estimate of drug-likeness (QED) is 0.530. The predicted octanol–water partition coefficient (Wildman–Crippen LogP) is 0.973. The molecule has 3 atom stereocenters. The number of aliphatic hydroxyl groups excluding tert-OH is 1. The zero-order valence-corrected chi connectivity index (χ0v) is 17.4. The first-order valence-corrected chi connectivity index (χ1v) is 10.3. The Morgan fingerprint density at radius 1 is 1.26 bits per heavy atom. The topological polar surface area (TPSA) is 145 Å². The van der Waals surface area contributed by atoms with Crippen molar-refractivity contribution in [1.82, 2.24) is 24.4 Å². The third kappa shape index (κ3) is 4.04. The molecule has 31 heavy (non-hydrogen) atoms. The van der Waals surface area contributed by atoms with E-state index in [-0.39, 0.29) is 18.0 Å². The van der Waals surface area contributed by atoms with Gasteiger partial charge in [-0.15, -0.1) is 0 Å². The van der Waals surface area contributed by atoms with Gasteiger partial charge in [0.1, 0.15) is 24.2 Å². The molecule has 164 valence electrons. The van der Waals surface area contributed by atoms with Gasteiger partial charge < -0.3 is 30.8 Å². The summed E-state index contributed by atoms with van der Waals surface area (Å²) in [5, 5.41) is 11.2. The first-order valence-electron chi connectivity index (χ1n) is 10.3. The molecule has 2 aromatic heterocycles. The van der Waals surface area contributed by atoms with Crippen LogP contribution in [-0.2, 0) is 0 Å². The van der Waals surface area contributed by atoms with E-state index in [1.807, 2.05) is 4.57 Å². The van der Waals surface area contributed by atoms with Gasteiger partial charge in [0.15, 0.2) is 11.5 Å². The molecule has 4 rings (SSSR count). The van der Waals surface area contributed by atoms with Crippen LogP contribution in [0, 0.1) is 0 Å². The molecule has 1 saturated carbocycles. The van der Waals surface area contributed by atoms with Gasteiger partial charge in [-0.2, -0.15) is 0 Å². The summed E-state index contributed by atoms with van der Waals surface area (Å²) >= 11 is 0. The number of nitrogens with two attached hydrogens (primary N) is 2. The minimum absolute atomic E-state index is 0.155. The number of aromatic nitrogens is 4. The van der Waals surface area contributed by atoms with Gasteiger partial charge >= 0.3 is 0 Å². The number of likely N-dealkylation sites (N-methyl/N-ethyl adjacent to an activating group) is 1. The van der Waals surface area contributed by atoms with Gasteiger partial charge in [0.05, 0.1) is 24.5 Å². The number of imidazole rings is 1. The summed E-state index contributed by atoms with van der Waals surface area (Å²) < 4.78 is 7.30. The Labute approximate surface area is 179 Å². The van der Waals surface area contributed by atoms with Gasteiger partial charge in [-0.1, -0.05) is 0 Å². The minimum Gasteiger partial charge on any atom is -0.492 e. The van der Waals surface area contributed by atoms with Crippen molar-refractivity contribution < 1.29 is 14.6 Å². The van der Waals surface area contributed by atoms with E-state index in [0.29, 0.717) is 47.9 Å². The molecule has 0 aliphatic heterocycles. The Morgan fingerprint density at radius 2 is 2.03 bits per heavy atom. The van der Waals surface area contributed by atoms with E-state index in [2.05, 4.69) is 15.0 Å². The molecular formula is C21H27N7O3. The molecule has 1 aromatic carbocycles. The lowest BCUT2D eigenvalue weighted by Gasteiger charge is -2.40. The highest BCUT2D eigenvalue weighted by Gasteiger charge is 2.38. The number of anilines is 1. The second-order valence-corrected chi connectivity index (χ2v) is 7.72. The van der Waals surface area contributed by atoms with Gasteiger partial charge in [-0.3, -0.25) is 4.79 Å². The van der Waals surface area contributed by atoms with E-state index in [4.69, 9.17) is 16.2 Å². The number of hydrogen-bond acceptors (Lipinski definition) is 8. The van der Waals surface area contributed by atoms with Crippen molar-refractivity contribution in [2.24, 2.45) is 5.73 Å². The van der Waals surface area contributed by atoms with Crippen LogP contribution in [0.25, 0.3) is 11.2 Å². The molecule has 1 fully saturated rings. The van der Waals surface area contributed by atoms with E-state index in [1.165, 1.54) is 6.33 Å². The molecule has 2 heterocycles. The van der Waals surface area contributed by atoms with Crippen molar-refractivity contribution in [2.75, 3.05) is 25.9 Å². The summed E-state index contributed by atoms with van der Waals surface area (Å²) in [5.41, 5.74) is 13.0. The van der Waals surface area contributed by atoms with Gasteiger partial charge in [-0.05, 0) is 43.5 Å². The van der Waals surface area contributed by atoms with Crippen molar-refractivity contribution in [2.45, 2.75) is 37.5 Å². The average Bonchev–Trinajstić information content (AvgIpc) is 3.22. The summed E-state index contributed by atoms with van der Waals surface area (Å²) in [6.45, 7) is 0.845. The number of nitrogen functional groups attached to an aromatic ring is 1. The van der Waals surface area contributed by atoms with Crippen molar-refractivity contribution >= 4 is 22.9 Å². The van der Waals surface area contributed by atoms with Crippen LogP contribution >= 0.6 is 0 Å². The molecule has 0 unspecified atom stereocenters. The highest BCUT2D eigenvalue weighted by molar-refractivity contribution is 5.94. The van der Waals surface area contributed by atoms with Crippen LogP contribution in [0.2, 0.25) is 0 Å². The Bertz CT molecular complexity index is 1050. The van der Waals surface area contributed by atoms with Gasteiger partial charge in [-0.25, -0.2) is 15.0 Å². The Morgan fingerprint density at radius 3 is 2.77 bits per heavy atom. The number of fused-ring (bicyclic) bond motifs is 1. The lowest BCUT2D eigenvalue weighted by molar-refractivity contribution is 0.0000837. The lowest BCUT2D eigenvalue weighted by Crippen LogP contribution is -2.50. The molecule has 10 heteroatoms. The van der Waals surface area contributed by atoms with E-state index in [0.717, 1.165) is 12.8 Å². The van der Waals surface area contributed by atoms with E-state index in [9.17, 15) is 9.90 Å². The molecule has 0 bridgehead atoms. The predicted molar refractivity (Wildman–Crippen MR) is 116 cm³/mol. The molecule has 1 aliphatic rings. The smallest absolute Gasteiger partial charge is 0.253 e. The first kappa shape index (κ1) is 21.0. The van der Waals surface area contributed by atoms with Crippen LogP contribution in [0.15, 0.2) is 36.9 Å². The number of rotatable bonds is 6. The fraction of sp³-hybridized carbons (Fsp3) is 0.429. The lowest BCUT2D eigenvalue weighted by atomic mass is 9.86. The Hall–Kier alpha value is -3.24. The van der Waals surface area contributed by atoms with E-state index in [1.54, 1.807) is 42.5 Å². The molecule has 0 radical (unpaired) electrons. The Kier molecular flexibility index (Phi) is 6.01. The zero-order chi connectivity index (χ0) is 22.0. The van der Waals surface area contributed by atoms with Crippen molar-refractivity contribution in [1.29, 1.82) is 0 Å². The fourth-order valence-corrected chi connectivity index (χ4v) is 4.20. The Balaban J connectivity index is 1.52. The maximum atomic E-state index is 13.1. The number of carbonyl (C=O) groups excluding carboxylic acids is 1. The summed E-state index contributed by atoms with van der Waals surface area (Å²) in [4.78, 5) is 27.3. The molecule has 0 spiro atoms. The first-order chi connectivity index (χ1) is 15.0. The van der Waals surface area contributed by atoms with Gasteiger partial charge in [0.2, 0.25) is 0 Å². The summed E-state index contributed by atoms with van der Waals surface area (Å²) in [6.07, 6.45) is 4.57. The highest BCUT2D eigenvalue weighted by Crippen LogP contribution is 2.34. The van der Waals surface area contributed by atoms with Crippen molar-refractivity contribution in [3.8, 4) is 5.75 Å². The van der Waals surface area contributed by atoms with Gasteiger partial charge in [0.25, 0.3) is 5.91 Å². The number of aliphatic hydroxyl groups is 1. The average molecular weight is 425 g/mol. The van der Waals surface area contributed by atoms with Crippen molar-refractivity contribution in [3.63, 3.8) is 0 Å². The second-order valence-electron chi connectivity index (χ2n) is 7.72. The number of hydrogen-bond donors (Lipinski definition) is 3. The largest absolute Gasteiger partial charge is 0.492 e. The third-order valence-corrected chi connectivity index (χ3v) is 5.84.